The molecule has 0 saturated carbocycles. The molecule has 1 aliphatic heterocycles. The van der Waals surface area contributed by atoms with Gasteiger partial charge in [0.2, 0.25) is 5.91 Å². The number of alkyl halides is 3. The van der Waals surface area contributed by atoms with Gasteiger partial charge in [-0.2, -0.15) is 13.2 Å². The highest BCUT2D eigenvalue weighted by atomic mass is 32.2. The van der Waals surface area contributed by atoms with Crippen LogP contribution in [-0.2, 0) is 16.4 Å². The molecule has 1 fully saturated rings. The first kappa shape index (κ1) is 27.2. The van der Waals surface area contributed by atoms with Gasteiger partial charge in [0, 0.05) is 22.7 Å². The maximum Gasteiger partial charge on any atom is 0.406 e. The largest absolute Gasteiger partial charge is 0.495 e. The summed E-state index contributed by atoms with van der Waals surface area (Å²) in [6.07, 6.45) is -3.59. The van der Waals surface area contributed by atoms with E-state index < -0.39 is 28.5 Å². The van der Waals surface area contributed by atoms with Gasteiger partial charge in [0.05, 0.1) is 42.1 Å². The van der Waals surface area contributed by atoms with Crippen LogP contribution in [0.4, 0.5) is 24.5 Å². The molecule has 1 aliphatic rings. The van der Waals surface area contributed by atoms with E-state index >= 15 is 0 Å². The van der Waals surface area contributed by atoms with Gasteiger partial charge in [-0.05, 0) is 55.2 Å². The summed E-state index contributed by atoms with van der Waals surface area (Å²) in [6.45, 7) is -1.11. The Bertz CT molecular complexity index is 1510. The molecule has 2 heterocycles. The minimum Gasteiger partial charge on any atom is -0.495 e. The van der Waals surface area contributed by atoms with Gasteiger partial charge in [0.1, 0.15) is 22.1 Å². The minimum atomic E-state index is -4.46. The van der Waals surface area contributed by atoms with Crippen molar-refractivity contribution in [3.8, 4) is 17.6 Å². The van der Waals surface area contributed by atoms with E-state index in [0.29, 0.717) is 40.9 Å². The molecular weight excluding hydrogens is 521 g/mol. The first-order valence-corrected chi connectivity index (χ1v) is 13.6. The van der Waals surface area contributed by atoms with Crippen molar-refractivity contribution in [2.45, 2.75) is 31.6 Å². The van der Waals surface area contributed by atoms with Crippen LogP contribution in [-0.4, -0.2) is 56.3 Å². The number of aromatic nitrogens is 1. The number of hydrogen-bond donors (Lipinski definition) is 3. The summed E-state index contributed by atoms with van der Waals surface area (Å²) in [5, 5.41) is 6.92. The van der Waals surface area contributed by atoms with Crippen LogP contribution in [0.1, 0.15) is 28.9 Å². The molecule has 4 N–H and O–H groups in total. The number of benzene rings is 2. The van der Waals surface area contributed by atoms with Gasteiger partial charge in [0.25, 0.3) is 0 Å². The van der Waals surface area contributed by atoms with E-state index in [4.69, 9.17) is 10.5 Å². The average molecular weight is 549 g/mol. The number of carbonyl (C=O) groups is 1. The lowest BCUT2D eigenvalue weighted by Gasteiger charge is -2.24. The number of anilines is 2. The van der Waals surface area contributed by atoms with Crippen LogP contribution in [0.15, 0.2) is 42.5 Å². The number of nitrogens with two attached hydrogens (primary N) is 1. The average Bonchev–Trinajstić information content (AvgIpc) is 3.19. The summed E-state index contributed by atoms with van der Waals surface area (Å²) in [5.41, 5.74) is 7.30. The summed E-state index contributed by atoms with van der Waals surface area (Å²) in [6, 6.07) is 11.2. The monoisotopic (exact) mass is 548 g/mol. The minimum absolute atomic E-state index is 0.0789. The van der Waals surface area contributed by atoms with Crippen LogP contribution in [0.5, 0.6) is 5.75 Å². The lowest BCUT2D eigenvalue weighted by Crippen LogP contribution is -2.32. The molecule has 0 atom stereocenters. The number of ether oxygens (including phenoxy) is 1. The Morgan fingerprint density at radius 2 is 1.89 bits per heavy atom. The fourth-order valence-electron chi connectivity index (χ4n) is 4.38. The van der Waals surface area contributed by atoms with Crippen LogP contribution < -0.4 is 21.1 Å². The van der Waals surface area contributed by atoms with Crippen LogP contribution in [0, 0.1) is 11.8 Å². The summed E-state index contributed by atoms with van der Waals surface area (Å²) in [4.78, 5) is 11.4. The third-order valence-electron chi connectivity index (χ3n) is 6.27. The van der Waals surface area contributed by atoms with Crippen molar-refractivity contribution in [1.82, 2.24) is 4.57 Å². The van der Waals surface area contributed by atoms with E-state index in [1.807, 2.05) is 0 Å². The normalized spacial score (nSPS) is 15.5. The second-order valence-electron chi connectivity index (χ2n) is 8.97. The Labute approximate surface area is 218 Å². The standard InChI is InChI=1S/C26H27F3N4O4S/c1-37-24-14-17(25(30)34)7-8-22(24)31-11-3-4-19-15-20-21(32-18-9-12-38(35,36)13-10-18)5-2-6-23(20)33(19)16-26(27,28)29/h2,5-8,14-15,18,31-32H,9-13,16H2,1H3,(H2,30,34). The van der Waals surface area contributed by atoms with Gasteiger partial charge in [-0.3, -0.25) is 4.79 Å². The number of primary amides is 1. The second-order valence-corrected chi connectivity index (χ2v) is 11.3. The summed E-state index contributed by atoms with van der Waals surface area (Å²) < 4.78 is 70.3. The van der Waals surface area contributed by atoms with E-state index in [0.717, 1.165) is 4.57 Å². The Balaban J connectivity index is 1.59. The van der Waals surface area contributed by atoms with Crippen molar-refractivity contribution in [2.75, 3.05) is 35.8 Å². The molecular formula is C26H27F3N4O4S. The summed E-state index contributed by atoms with van der Waals surface area (Å²) in [5.74, 6) is 5.62. The van der Waals surface area contributed by atoms with Crippen molar-refractivity contribution >= 4 is 38.0 Å². The topological polar surface area (TPSA) is 115 Å². The maximum absolute atomic E-state index is 13.5. The molecule has 2 aromatic carbocycles. The maximum atomic E-state index is 13.5. The van der Waals surface area contributed by atoms with Gasteiger partial charge in [-0.25, -0.2) is 8.42 Å². The summed E-state index contributed by atoms with van der Waals surface area (Å²) in [7, 11) is -1.60. The molecule has 202 valence electrons. The second kappa shape index (κ2) is 10.9. The highest BCUT2D eigenvalue weighted by molar-refractivity contribution is 7.91. The van der Waals surface area contributed by atoms with Crippen LogP contribution in [0.25, 0.3) is 10.9 Å². The highest BCUT2D eigenvalue weighted by Crippen LogP contribution is 2.31. The lowest BCUT2D eigenvalue weighted by molar-refractivity contribution is -0.140. The third kappa shape index (κ3) is 6.52. The number of carbonyl (C=O) groups excluding carboxylic acids is 1. The predicted octanol–water partition coefficient (Wildman–Crippen LogP) is 3.76. The molecule has 3 aromatic rings. The van der Waals surface area contributed by atoms with E-state index in [9.17, 15) is 26.4 Å². The summed E-state index contributed by atoms with van der Waals surface area (Å²) >= 11 is 0. The van der Waals surface area contributed by atoms with Crippen molar-refractivity contribution in [1.29, 1.82) is 0 Å². The molecule has 8 nitrogen and oxygen atoms in total. The van der Waals surface area contributed by atoms with Crippen LogP contribution in [0.3, 0.4) is 0 Å². The molecule has 12 heteroatoms. The molecule has 4 rings (SSSR count). The molecule has 0 radical (unpaired) electrons. The predicted molar refractivity (Wildman–Crippen MR) is 140 cm³/mol. The SMILES string of the molecule is COc1cc(C(N)=O)ccc1NCC#Cc1cc2c(NC3CCS(=O)(=O)CC3)cccc2n1CC(F)(F)F. The Morgan fingerprint density at radius 1 is 1.16 bits per heavy atom. The zero-order valence-electron chi connectivity index (χ0n) is 20.6. The van der Waals surface area contributed by atoms with E-state index in [1.165, 1.54) is 19.2 Å². The van der Waals surface area contributed by atoms with Crippen LogP contribution >= 0.6 is 0 Å². The lowest BCUT2D eigenvalue weighted by atomic mass is 10.1. The van der Waals surface area contributed by atoms with Gasteiger partial charge in [0.15, 0.2) is 0 Å². The van der Waals surface area contributed by atoms with Crippen molar-refractivity contribution in [2.24, 2.45) is 5.73 Å². The van der Waals surface area contributed by atoms with Gasteiger partial charge < -0.3 is 25.7 Å². The van der Waals surface area contributed by atoms with Crippen molar-refractivity contribution in [3.63, 3.8) is 0 Å². The van der Waals surface area contributed by atoms with E-state index in [2.05, 4.69) is 22.5 Å². The Hall–Kier alpha value is -3.85. The zero-order valence-corrected chi connectivity index (χ0v) is 21.4. The molecule has 0 bridgehead atoms. The molecule has 1 aromatic heterocycles. The van der Waals surface area contributed by atoms with Gasteiger partial charge >= 0.3 is 6.18 Å². The van der Waals surface area contributed by atoms with Crippen molar-refractivity contribution in [3.05, 3.63) is 53.7 Å². The third-order valence-corrected chi connectivity index (χ3v) is 7.98. The highest BCUT2D eigenvalue weighted by Gasteiger charge is 2.30. The Kier molecular flexibility index (Phi) is 7.78. The Morgan fingerprint density at radius 3 is 2.55 bits per heavy atom. The number of fused-ring (bicyclic) bond motifs is 1. The quantitative estimate of drug-likeness (QED) is 0.388. The molecule has 0 spiro atoms. The molecule has 0 unspecified atom stereocenters. The fraction of sp³-hybridized carbons (Fsp3) is 0.346. The number of halogens is 3. The van der Waals surface area contributed by atoms with Crippen LogP contribution in [0.2, 0.25) is 0 Å². The number of methoxy groups -OCH3 is 1. The van der Waals surface area contributed by atoms with E-state index in [-0.39, 0.29) is 35.3 Å². The molecule has 38 heavy (non-hydrogen) atoms. The smallest absolute Gasteiger partial charge is 0.406 e. The van der Waals surface area contributed by atoms with Gasteiger partial charge in [-0.15, -0.1) is 0 Å². The first-order chi connectivity index (χ1) is 18.0. The van der Waals surface area contributed by atoms with E-state index in [1.54, 1.807) is 30.3 Å². The fourth-order valence-corrected chi connectivity index (χ4v) is 5.87. The first-order valence-electron chi connectivity index (χ1n) is 11.8. The number of nitrogens with zero attached hydrogens (tertiary/aromatic N) is 1. The number of hydrogen-bond acceptors (Lipinski definition) is 6. The number of sulfone groups is 1. The number of nitrogens with one attached hydrogen (secondary N) is 2. The molecule has 1 amide bonds. The number of amides is 1. The molecule has 0 aliphatic carbocycles. The van der Waals surface area contributed by atoms with Crippen molar-refractivity contribution < 1.29 is 31.1 Å². The van der Waals surface area contributed by atoms with Gasteiger partial charge in [-0.1, -0.05) is 12.0 Å². The number of rotatable bonds is 7. The molecule has 1 saturated heterocycles. The zero-order chi connectivity index (χ0) is 27.5.